The van der Waals surface area contributed by atoms with E-state index in [4.69, 9.17) is 4.74 Å². The van der Waals surface area contributed by atoms with E-state index >= 15 is 0 Å². The van der Waals surface area contributed by atoms with E-state index in [0.717, 1.165) is 25.8 Å². The maximum atomic E-state index is 5.65. The molecule has 2 heterocycles. The molecule has 0 aromatic rings. The summed E-state index contributed by atoms with van der Waals surface area (Å²) in [6.45, 7) is 15.7. The van der Waals surface area contributed by atoms with Gasteiger partial charge in [0.15, 0.2) is 0 Å². The van der Waals surface area contributed by atoms with Crippen LogP contribution in [0.4, 0.5) is 0 Å². The molecular formula is C15H31N3O. The topological polar surface area (TPSA) is 27.7 Å². The van der Waals surface area contributed by atoms with Crippen molar-refractivity contribution in [2.45, 2.75) is 39.3 Å². The van der Waals surface area contributed by atoms with Crippen LogP contribution in [0, 0.1) is 5.92 Å². The van der Waals surface area contributed by atoms with Crippen molar-refractivity contribution < 1.29 is 4.74 Å². The highest BCUT2D eigenvalue weighted by atomic mass is 16.5. The monoisotopic (exact) mass is 269 g/mol. The number of hydrogen-bond acceptors (Lipinski definition) is 4. The maximum absolute atomic E-state index is 5.65. The van der Waals surface area contributed by atoms with Crippen molar-refractivity contribution in [1.29, 1.82) is 0 Å². The molecule has 2 fully saturated rings. The van der Waals surface area contributed by atoms with E-state index < -0.39 is 0 Å². The Labute approximate surface area is 118 Å². The minimum absolute atomic E-state index is 0.567. The molecule has 2 aliphatic heterocycles. The highest BCUT2D eigenvalue weighted by Gasteiger charge is 2.32. The van der Waals surface area contributed by atoms with Crippen molar-refractivity contribution in [1.82, 2.24) is 15.1 Å². The molecule has 4 nitrogen and oxygen atoms in total. The van der Waals surface area contributed by atoms with E-state index in [2.05, 4.69) is 35.9 Å². The van der Waals surface area contributed by atoms with E-state index in [0.29, 0.717) is 12.0 Å². The Balaban J connectivity index is 1.78. The molecule has 3 atom stereocenters. The Hall–Kier alpha value is -0.160. The third kappa shape index (κ3) is 3.91. The standard InChI is InChI=1S/C15H31N3O/c1-4-16-15-12-19-11-13(15)9-17-8-7-14(10-17)18(5-2)6-3/h13-16H,4-12H2,1-3H3. The van der Waals surface area contributed by atoms with Gasteiger partial charge in [-0.15, -0.1) is 0 Å². The molecular weight excluding hydrogens is 238 g/mol. The molecule has 1 N–H and O–H groups in total. The quantitative estimate of drug-likeness (QED) is 0.747. The molecule has 4 heteroatoms. The minimum Gasteiger partial charge on any atom is -0.379 e. The summed E-state index contributed by atoms with van der Waals surface area (Å²) in [4.78, 5) is 5.25. The first-order valence-electron chi connectivity index (χ1n) is 8.05. The van der Waals surface area contributed by atoms with Crippen LogP contribution in [0.2, 0.25) is 0 Å². The van der Waals surface area contributed by atoms with Gasteiger partial charge in [0.2, 0.25) is 0 Å². The van der Waals surface area contributed by atoms with Gasteiger partial charge in [0.05, 0.1) is 13.2 Å². The lowest BCUT2D eigenvalue weighted by Gasteiger charge is -2.28. The van der Waals surface area contributed by atoms with Gasteiger partial charge in [-0.3, -0.25) is 4.90 Å². The normalized spacial score (nSPS) is 32.5. The fraction of sp³-hybridized carbons (Fsp3) is 1.00. The Morgan fingerprint density at radius 2 is 2.00 bits per heavy atom. The highest BCUT2D eigenvalue weighted by Crippen LogP contribution is 2.20. The number of rotatable bonds is 7. The van der Waals surface area contributed by atoms with Crippen LogP contribution in [0.3, 0.4) is 0 Å². The van der Waals surface area contributed by atoms with E-state index in [1.165, 1.54) is 39.1 Å². The second-order valence-electron chi connectivity index (χ2n) is 5.88. The lowest BCUT2D eigenvalue weighted by molar-refractivity contribution is 0.167. The van der Waals surface area contributed by atoms with Gasteiger partial charge < -0.3 is 15.0 Å². The van der Waals surface area contributed by atoms with Crippen LogP contribution >= 0.6 is 0 Å². The average Bonchev–Trinajstić information content (AvgIpc) is 3.03. The molecule has 2 aliphatic rings. The molecule has 0 radical (unpaired) electrons. The van der Waals surface area contributed by atoms with Gasteiger partial charge in [0.25, 0.3) is 0 Å². The van der Waals surface area contributed by atoms with Crippen molar-refractivity contribution in [3.8, 4) is 0 Å². The van der Waals surface area contributed by atoms with Gasteiger partial charge in [0.1, 0.15) is 0 Å². The summed E-state index contributed by atoms with van der Waals surface area (Å²) in [6.07, 6.45) is 1.33. The third-order valence-corrected chi connectivity index (χ3v) is 4.73. The molecule has 0 aliphatic carbocycles. The summed E-state index contributed by atoms with van der Waals surface area (Å²) >= 11 is 0. The van der Waals surface area contributed by atoms with E-state index in [9.17, 15) is 0 Å². The number of nitrogens with zero attached hydrogens (tertiary/aromatic N) is 2. The molecule has 0 saturated carbocycles. The van der Waals surface area contributed by atoms with Gasteiger partial charge in [-0.25, -0.2) is 0 Å². The first kappa shape index (κ1) is 15.2. The Bertz CT molecular complexity index is 258. The maximum Gasteiger partial charge on any atom is 0.0623 e. The number of nitrogens with one attached hydrogen (secondary N) is 1. The first-order valence-corrected chi connectivity index (χ1v) is 8.05. The lowest BCUT2D eigenvalue weighted by Crippen LogP contribution is -2.42. The third-order valence-electron chi connectivity index (χ3n) is 4.73. The molecule has 0 aromatic heterocycles. The fourth-order valence-corrected chi connectivity index (χ4v) is 3.61. The van der Waals surface area contributed by atoms with Gasteiger partial charge in [0, 0.05) is 31.1 Å². The van der Waals surface area contributed by atoms with E-state index in [-0.39, 0.29) is 0 Å². The smallest absolute Gasteiger partial charge is 0.0623 e. The zero-order valence-electron chi connectivity index (χ0n) is 12.9. The SMILES string of the molecule is CCNC1COCC1CN1CCC(N(CC)CC)C1. The van der Waals surface area contributed by atoms with Gasteiger partial charge in [-0.2, -0.15) is 0 Å². The molecule has 3 unspecified atom stereocenters. The zero-order chi connectivity index (χ0) is 13.7. The van der Waals surface area contributed by atoms with Crippen LogP contribution in [-0.4, -0.2) is 74.4 Å². The van der Waals surface area contributed by atoms with Crippen LogP contribution < -0.4 is 5.32 Å². The molecule has 2 saturated heterocycles. The minimum atomic E-state index is 0.567. The molecule has 0 spiro atoms. The van der Waals surface area contributed by atoms with E-state index in [1.54, 1.807) is 0 Å². The van der Waals surface area contributed by atoms with Crippen LogP contribution in [0.15, 0.2) is 0 Å². The second-order valence-corrected chi connectivity index (χ2v) is 5.88. The van der Waals surface area contributed by atoms with Crippen molar-refractivity contribution in [2.24, 2.45) is 5.92 Å². The summed E-state index contributed by atoms with van der Waals surface area (Å²) < 4.78 is 5.65. The number of likely N-dealkylation sites (tertiary alicyclic amines) is 1. The summed E-state index contributed by atoms with van der Waals surface area (Å²) in [5.74, 6) is 0.676. The van der Waals surface area contributed by atoms with Crippen molar-refractivity contribution in [3.63, 3.8) is 0 Å². The molecule has 112 valence electrons. The van der Waals surface area contributed by atoms with Gasteiger partial charge in [-0.05, 0) is 32.6 Å². The second kappa shape index (κ2) is 7.58. The lowest BCUT2D eigenvalue weighted by atomic mass is 10.0. The number of hydrogen-bond donors (Lipinski definition) is 1. The number of ether oxygens (including phenoxy) is 1. The molecule has 0 amide bonds. The largest absolute Gasteiger partial charge is 0.379 e. The molecule has 0 bridgehead atoms. The fourth-order valence-electron chi connectivity index (χ4n) is 3.61. The summed E-state index contributed by atoms with van der Waals surface area (Å²) in [6, 6.07) is 1.34. The Kier molecular flexibility index (Phi) is 6.07. The zero-order valence-corrected chi connectivity index (χ0v) is 12.9. The molecule has 0 aromatic carbocycles. The predicted molar refractivity (Wildman–Crippen MR) is 79.5 cm³/mol. The van der Waals surface area contributed by atoms with E-state index in [1.807, 2.05) is 0 Å². The predicted octanol–water partition coefficient (Wildman–Crippen LogP) is 1.03. The van der Waals surface area contributed by atoms with Crippen LogP contribution in [0.25, 0.3) is 0 Å². The molecule has 19 heavy (non-hydrogen) atoms. The highest BCUT2D eigenvalue weighted by molar-refractivity contribution is 4.88. The Morgan fingerprint density at radius 3 is 2.68 bits per heavy atom. The van der Waals surface area contributed by atoms with Crippen LogP contribution in [-0.2, 0) is 4.74 Å². The molecule has 2 rings (SSSR count). The number of likely N-dealkylation sites (N-methyl/N-ethyl adjacent to an activating group) is 2. The Morgan fingerprint density at radius 1 is 1.21 bits per heavy atom. The van der Waals surface area contributed by atoms with Crippen molar-refractivity contribution in [2.75, 3.05) is 52.5 Å². The van der Waals surface area contributed by atoms with Gasteiger partial charge in [-0.1, -0.05) is 20.8 Å². The summed E-state index contributed by atoms with van der Waals surface area (Å²) in [7, 11) is 0. The average molecular weight is 269 g/mol. The van der Waals surface area contributed by atoms with Gasteiger partial charge >= 0.3 is 0 Å². The van der Waals surface area contributed by atoms with Crippen molar-refractivity contribution in [3.05, 3.63) is 0 Å². The summed E-state index contributed by atoms with van der Waals surface area (Å²) in [5, 5.41) is 3.56. The van der Waals surface area contributed by atoms with Crippen LogP contribution in [0.1, 0.15) is 27.2 Å². The summed E-state index contributed by atoms with van der Waals surface area (Å²) in [5.41, 5.74) is 0. The van der Waals surface area contributed by atoms with Crippen molar-refractivity contribution >= 4 is 0 Å². The van der Waals surface area contributed by atoms with Crippen LogP contribution in [0.5, 0.6) is 0 Å². The first-order chi connectivity index (χ1) is 9.28.